The first-order valence-electron chi connectivity index (χ1n) is 4.90. The van der Waals surface area contributed by atoms with Crippen molar-refractivity contribution in [1.82, 2.24) is 4.90 Å². The molecule has 0 fully saturated rings. The Morgan fingerprint density at radius 1 is 1.40 bits per heavy atom. The third-order valence-electron chi connectivity index (χ3n) is 2.27. The number of aromatic hydroxyl groups is 1. The molecule has 0 saturated heterocycles. The molecule has 1 N–H and O–H groups in total. The van der Waals surface area contributed by atoms with Crippen LogP contribution in [0.5, 0.6) is 5.75 Å². The van der Waals surface area contributed by atoms with Gasteiger partial charge in [-0.2, -0.15) is 0 Å². The predicted molar refractivity (Wildman–Crippen MR) is 60.2 cm³/mol. The van der Waals surface area contributed by atoms with Gasteiger partial charge in [0.05, 0.1) is 0 Å². The van der Waals surface area contributed by atoms with Crippen molar-refractivity contribution in [3.63, 3.8) is 0 Å². The molecule has 15 heavy (non-hydrogen) atoms. The molecule has 0 amide bonds. The van der Waals surface area contributed by atoms with Crippen molar-refractivity contribution >= 4 is 5.78 Å². The first kappa shape index (κ1) is 11.7. The number of hydrogen-bond donors (Lipinski definition) is 1. The Morgan fingerprint density at radius 2 is 2.00 bits per heavy atom. The Kier molecular flexibility index (Phi) is 3.48. The third kappa shape index (κ3) is 2.80. The number of nitrogens with zero attached hydrogens (tertiary/aromatic N) is 1. The van der Waals surface area contributed by atoms with Gasteiger partial charge in [0.2, 0.25) is 0 Å². The predicted octanol–water partition coefficient (Wildman–Crippen LogP) is 1.96. The zero-order valence-electron chi connectivity index (χ0n) is 9.66. The summed E-state index contributed by atoms with van der Waals surface area (Å²) in [6, 6.07) is 3.47. The van der Waals surface area contributed by atoms with Gasteiger partial charge in [0.25, 0.3) is 0 Å². The van der Waals surface area contributed by atoms with Gasteiger partial charge in [-0.25, -0.2) is 0 Å². The summed E-state index contributed by atoms with van der Waals surface area (Å²) in [5, 5.41) is 9.81. The number of phenolic OH excluding ortho intramolecular Hbond substituents is 1. The highest BCUT2D eigenvalue weighted by Gasteiger charge is 2.10. The van der Waals surface area contributed by atoms with Crippen LogP contribution in [0.15, 0.2) is 12.1 Å². The summed E-state index contributed by atoms with van der Waals surface area (Å²) >= 11 is 0. The van der Waals surface area contributed by atoms with Crippen LogP contribution in [0.25, 0.3) is 0 Å². The number of aryl methyl sites for hydroxylation is 1. The maximum Gasteiger partial charge on any atom is 0.159 e. The summed E-state index contributed by atoms with van der Waals surface area (Å²) in [6.45, 7) is 3.97. The summed E-state index contributed by atoms with van der Waals surface area (Å²) in [7, 11) is 3.85. The second-order valence-corrected chi connectivity index (χ2v) is 4.09. The van der Waals surface area contributed by atoms with Gasteiger partial charge in [-0.15, -0.1) is 0 Å². The van der Waals surface area contributed by atoms with Crippen molar-refractivity contribution in [2.75, 3.05) is 14.1 Å². The van der Waals surface area contributed by atoms with E-state index in [2.05, 4.69) is 0 Å². The molecule has 0 heterocycles. The van der Waals surface area contributed by atoms with Gasteiger partial charge in [0.1, 0.15) is 5.75 Å². The average molecular weight is 207 g/mol. The number of carbonyl (C=O) groups is 1. The Morgan fingerprint density at radius 3 is 2.47 bits per heavy atom. The zero-order chi connectivity index (χ0) is 11.6. The molecule has 1 aromatic carbocycles. The fraction of sp³-hybridized carbons (Fsp3) is 0.417. The van der Waals surface area contributed by atoms with Crippen LogP contribution in [-0.2, 0) is 6.54 Å². The van der Waals surface area contributed by atoms with Crippen LogP contribution in [0.2, 0.25) is 0 Å². The van der Waals surface area contributed by atoms with Crippen LogP contribution in [0.3, 0.4) is 0 Å². The lowest BCUT2D eigenvalue weighted by Crippen LogP contribution is -2.11. The minimum atomic E-state index is 0.0260. The molecule has 0 atom stereocenters. The summed E-state index contributed by atoms with van der Waals surface area (Å²) in [4.78, 5) is 13.2. The molecule has 1 aromatic rings. The molecule has 0 aliphatic heterocycles. The first-order valence-corrected chi connectivity index (χ1v) is 4.90. The van der Waals surface area contributed by atoms with Crippen molar-refractivity contribution < 1.29 is 9.90 Å². The molecule has 0 aliphatic carbocycles. The van der Waals surface area contributed by atoms with E-state index in [9.17, 15) is 9.90 Å². The molecule has 0 bridgehead atoms. The van der Waals surface area contributed by atoms with Crippen molar-refractivity contribution in [1.29, 1.82) is 0 Å². The number of carbonyl (C=O) groups excluding carboxylic acids is 1. The second-order valence-electron chi connectivity index (χ2n) is 4.09. The van der Waals surface area contributed by atoms with Crippen LogP contribution in [0, 0.1) is 6.92 Å². The highest BCUT2D eigenvalue weighted by atomic mass is 16.3. The van der Waals surface area contributed by atoms with Gasteiger partial charge in [-0.05, 0) is 45.6 Å². The molecule has 0 spiro atoms. The lowest BCUT2D eigenvalue weighted by molar-refractivity contribution is 0.101. The molecule has 82 valence electrons. The molecule has 0 unspecified atom stereocenters. The zero-order valence-corrected chi connectivity index (χ0v) is 9.66. The largest absolute Gasteiger partial charge is 0.507 e. The maximum atomic E-state index is 11.3. The molecule has 1 rings (SSSR count). The molecule has 0 aromatic heterocycles. The molecular formula is C12H17NO2. The fourth-order valence-corrected chi connectivity index (χ4v) is 1.52. The van der Waals surface area contributed by atoms with Crippen LogP contribution < -0.4 is 0 Å². The summed E-state index contributed by atoms with van der Waals surface area (Å²) in [5.41, 5.74) is 2.20. The number of phenols is 1. The monoisotopic (exact) mass is 207 g/mol. The number of hydrogen-bond acceptors (Lipinski definition) is 3. The minimum absolute atomic E-state index is 0.0260. The smallest absolute Gasteiger partial charge is 0.159 e. The van der Waals surface area contributed by atoms with Gasteiger partial charge >= 0.3 is 0 Å². The van der Waals surface area contributed by atoms with E-state index < -0.39 is 0 Å². The number of rotatable bonds is 3. The normalized spacial score (nSPS) is 10.7. The quantitative estimate of drug-likeness (QED) is 0.770. The van der Waals surface area contributed by atoms with E-state index in [-0.39, 0.29) is 11.5 Å². The minimum Gasteiger partial charge on any atom is -0.507 e. The van der Waals surface area contributed by atoms with Crippen LogP contribution >= 0.6 is 0 Å². The average Bonchev–Trinajstić information content (AvgIpc) is 2.11. The summed E-state index contributed by atoms with van der Waals surface area (Å²) in [6.07, 6.45) is 0. The van der Waals surface area contributed by atoms with E-state index in [4.69, 9.17) is 0 Å². The lowest BCUT2D eigenvalue weighted by atomic mass is 10.0. The SMILES string of the molecule is CC(=O)c1cc(C)c(O)c(CN(C)C)c1. The van der Waals surface area contributed by atoms with Crippen molar-refractivity contribution in [2.45, 2.75) is 20.4 Å². The first-order chi connectivity index (χ1) is 6.91. The molecule has 0 aliphatic rings. The van der Waals surface area contributed by atoms with Crippen molar-refractivity contribution in [3.8, 4) is 5.75 Å². The van der Waals surface area contributed by atoms with Gasteiger partial charge in [-0.1, -0.05) is 0 Å². The van der Waals surface area contributed by atoms with Gasteiger partial charge in [0, 0.05) is 17.7 Å². The highest BCUT2D eigenvalue weighted by molar-refractivity contribution is 5.94. The number of ketones is 1. The molecular weight excluding hydrogens is 190 g/mol. The van der Waals surface area contributed by atoms with Crippen LogP contribution in [0.1, 0.15) is 28.4 Å². The maximum absolute atomic E-state index is 11.3. The third-order valence-corrected chi connectivity index (χ3v) is 2.27. The number of Topliss-reactive ketones (excluding diaryl/α,β-unsaturated/α-hetero) is 1. The Bertz CT molecular complexity index is 383. The Hall–Kier alpha value is -1.35. The lowest BCUT2D eigenvalue weighted by Gasteiger charge is -2.13. The van der Waals surface area contributed by atoms with E-state index >= 15 is 0 Å². The second kappa shape index (κ2) is 4.45. The summed E-state index contributed by atoms with van der Waals surface area (Å²) in [5.74, 6) is 0.312. The van der Waals surface area contributed by atoms with E-state index in [1.165, 1.54) is 6.92 Å². The standard InChI is InChI=1S/C12H17NO2/c1-8-5-10(9(2)14)6-11(12(8)15)7-13(3)4/h5-6,15H,7H2,1-4H3. The van der Waals surface area contributed by atoms with E-state index in [1.54, 1.807) is 19.1 Å². The van der Waals surface area contributed by atoms with E-state index in [1.807, 2.05) is 19.0 Å². The number of benzene rings is 1. The van der Waals surface area contributed by atoms with Gasteiger partial charge < -0.3 is 10.0 Å². The van der Waals surface area contributed by atoms with E-state index in [0.29, 0.717) is 12.1 Å². The molecule has 0 radical (unpaired) electrons. The molecule has 3 heteroatoms. The highest BCUT2D eigenvalue weighted by Crippen LogP contribution is 2.25. The molecule has 3 nitrogen and oxygen atoms in total. The van der Waals surface area contributed by atoms with Gasteiger partial charge in [0.15, 0.2) is 5.78 Å². The van der Waals surface area contributed by atoms with Crippen LogP contribution in [0.4, 0.5) is 0 Å². The van der Waals surface area contributed by atoms with Gasteiger partial charge in [-0.3, -0.25) is 4.79 Å². The topological polar surface area (TPSA) is 40.5 Å². The fourth-order valence-electron chi connectivity index (χ4n) is 1.52. The van der Waals surface area contributed by atoms with Crippen molar-refractivity contribution in [3.05, 3.63) is 28.8 Å². The molecule has 0 saturated carbocycles. The summed E-state index contributed by atoms with van der Waals surface area (Å²) < 4.78 is 0. The Labute approximate surface area is 90.3 Å². The van der Waals surface area contributed by atoms with Crippen molar-refractivity contribution in [2.24, 2.45) is 0 Å². The Balaban J connectivity index is 3.19. The van der Waals surface area contributed by atoms with E-state index in [0.717, 1.165) is 11.1 Å². The van der Waals surface area contributed by atoms with Crippen LogP contribution in [-0.4, -0.2) is 29.9 Å².